The molecule has 2 aliphatic rings. The van der Waals surface area contributed by atoms with Crippen LogP contribution < -0.4 is 10.5 Å². The highest BCUT2D eigenvalue weighted by Crippen LogP contribution is 2.66. The predicted octanol–water partition coefficient (Wildman–Crippen LogP) is 3.99. The largest absolute Gasteiger partial charge is 0.489 e. The highest BCUT2D eigenvalue weighted by molar-refractivity contribution is 8.15. The molecule has 11 heteroatoms. The molecule has 5 rings (SSSR count). The predicted molar refractivity (Wildman–Crippen MR) is 140 cm³/mol. The summed E-state index contributed by atoms with van der Waals surface area (Å²) < 4.78 is 45.4. The third kappa shape index (κ3) is 4.78. The molecule has 1 saturated carbocycles. The van der Waals surface area contributed by atoms with Crippen molar-refractivity contribution in [1.29, 1.82) is 0 Å². The fourth-order valence-electron chi connectivity index (χ4n) is 4.93. The smallest absolute Gasteiger partial charge is 0.155 e. The molecule has 0 unspecified atom stereocenters. The van der Waals surface area contributed by atoms with E-state index in [0.717, 1.165) is 0 Å². The molecule has 2 aromatic heterocycles. The molecule has 3 atom stereocenters. The van der Waals surface area contributed by atoms with Crippen molar-refractivity contribution in [3.05, 3.63) is 59.4 Å². The summed E-state index contributed by atoms with van der Waals surface area (Å²) in [6.07, 6.45) is 7.24. The molecule has 2 N–H and O–H groups in total. The third-order valence-electron chi connectivity index (χ3n) is 6.74. The first-order valence-corrected chi connectivity index (χ1v) is 12.6. The monoisotopic (exact) mass is 527 g/mol. The van der Waals surface area contributed by atoms with Crippen LogP contribution in [0.5, 0.6) is 5.75 Å². The lowest BCUT2D eigenvalue weighted by Gasteiger charge is -2.35. The van der Waals surface area contributed by atoms with Crippen LogP contribution in [0.15, 0.2) is 41.8 Å². The number of aliphatic imine (C=N–C) groups is 1. The summed E-state index contributed by atoms with van der Waals surface area (Å²) in [4.78, 5) is 17.5. The first kappa shape index (κ1) is 25.5. The van der Waals surface area contributed by atoms with E-state index in [1.54, 1.807) is 50.8 Å². The molecular formula is C26H27F2N5O3S. The number of thioether (sulfide) groups is 1. The number of pyridine rings is 1. The van der Waals surface area contributed by atoms with E-state index >= 15 is 4.39 Å². The summed E-state index contributed by atoms with van der Waals surface area (Å²) in [6, 6.07) is 6.37. The third-order valence-corrected chi connectivity index (χ3v) is 8.01. The van der Waals surface area contributed by atoms with Crippen molar-refractivity contribution in [1.82, 2.24) is 15.0 Å². The molecule has 37 heavy (non-hydrogen) atoms. The molecule has 194 valence electrons. The number of methoxy groups -OCH3 is 2. The maximum atomic E-state index is 15.1. The van der Waals surface area contributed by atoms with E-state index in [2.05, 4.69) is 19.9 Å². The van der Waals surface area contributed by atoms with Gasteiger partial charge in [0.15, 0.2) is 5.17 Å². The fraction of sp³-hybridized carbons (Fsp3) is 0.385. The van der Waals surface area contributed by atoms with Crippen LogP contribution in [0.2, 0.25) is 0 Å². The van der Waals surface area contributed by atoms with Gasteiger partial charge in [0, 0.05) is 31.8 Å². The van der Waals surface area contributed by atoms with Gasteiger partial charge >= 0.3 is 0 Å². The summed E-state index contributed by atoms with van der Waals surface area (Å²) in [5.74, 6) is -0.161. The van der Waals surface area contributed by atoms with Crippen molar-refractivity contribution in [3.8, 4) is 5.75 Å². The minimum Gasteiger partial charge on any atom is -0.489 e. The highest BCUT2D eigenvalue weighted by Gasteiger charge is 2.68. The number of aromatic nitrogens is 3. The van der Waals surface area contributed by atoms with Gasteiger partial charge in [-0.25, -0.2) is 28.7 Å². The van der Waals surface area contributed by atoms with E-state index in [4.69, 9.17) is 19.9 Å². The first-order valence-electron chi connectivity index (χ1n) is 11.7. The second kappa shape index (κ2) is 10.3. The number of fused-ring (bicyclic) bond motifs is 2. The number of rotatable bonds is 10. The summed E-state index contributed by atoms with van der Waals surface area (Å²) in [5, 5.41) is 0.243. The Morgan fingerprint density at radius 2 is 2.00 bits per heavy atom. The Balaban J connectivity index is 1.45. The number of alkyl halides is 1. The minimum absolute atomic E-state index is 0.187. The lowest BCUT2D eigenvalue weighted by Crippen LogP contribution is -2.41. The van der Waals surface area contributed by atoms with Gasteiger partial charge in [-0.2, -0.15) is 0 Å². The molecule has 8 nitrogen and oxygen atoms in total. The van der Waals surface area contributed by atoms with Crippen LogP contribution in [0.1, 0.15) is 23.2 Å². The molecule has 0 saturated heterocycles. The number of hydrogen-bond acceptors (Lipinski definition) is 9. The van der Waals surface area contributed by atoms with E-state index in [0.29, 0.717) is 54.3 Å². The van der Waals surface area contributed by atoms with Gasteiger partial charge in [-0.15, -0.1) is 0 Å². The Morgan fingerprint density at radius 1 is 1.14 bits per heavy atom. The van der Waals surface area contributed by atoms with Crippen LogP contribution in [0, 0.1) is 11.7 Å². The molecular weight excluding hydrogens is 500 g/mol. The van der Waals surface area contributed by atoms with Crippen molar-refractivity contribution >= 4 is 40.1 Å². The van der Waals surface area contributed by atoms with Gasteiger partial charge in [-0.05, 0) is 30.2 Å². The van der Waals surface area contributed by atoms with Crippen LogP contribution >= 0.6 is 11.8 Å². The lowest BCUT2D eigenvalue weighted by atomic mass is 9.84. The van der Waals surface area contributed by atoms with Gasteiger partial charge in [0.05, 0.1) is 35.4 Å². The molecule has 0 spiro atoms. The zero-order valence-corrected chi connectivity index (χ0v) is 21.3. The van der Waals surface area contributed by atoms with E-state index in [-0.39, 0.29) is 21.4 Å². The fourth-order valence-corrected chi connectivity index (χ4v) is 6.32. The topological polar surface area (TPSA) is 105 Å². The van der Waals surface area contributed by atoms with Crippen LogP contribution in [-0.4, -0.2) is 65.6 Å². The maximum Gasteiger partial charge on any atom is 0.155 e. The van der Waals surface area contributed by atoms with Crippen LogP contribution in [-0.2, 0) is 15.0 Å². The number of hydrogen-bond donors (Lipinski definition) is 1. The Morgan fingerprint density at radius 3 is 2.78 bits per heavy atom. The van der Waals surface area contributed by atoms with Gasteiger partial charge in [0.2, 0.25) is 0 Å². The van der Waals surface area contributed by atoms with E-state index in [1.807, 2.05) is 0 Å². The molecule has 1 fully saturated rings. The van der Waals surface area contributed by atoms with Gasteiger partial charge in [0.1, 0.15) is 42.2 Å². The number of nitrogens with zero attached hydrogens (tertiary/aromatic N) is 4. The minimum atomic E-state index is -1.38. The molecule has 0 amide bonds. The van der Waals surface area contributed by atoms with Crippen LogP contribution in [0.3, 0.4) is 0 Å². The quantitative estimate of drug-likeness (QED) is 0.395. The standard InChI is InChI=1S/C26H27F2N5O3S/c1-34-7-8-36-17-10-21-23(30-12-17)20(31-15-32-21)6-4-16-3-5-19(28)18(9-16)26(13-27)22-11-25(22,14-35-2)37-24(29)33-26/h3-6,9-10,12,15,22H,7-8,11,13-14H2,1-2H3,(H2,29,33)/b6-4+/t22-,25-,26-/m1/s1. The summed E-state index contributed by atoms with van der Waals surface area (Å²) in [6.45, 7) is 0.402. The molecule has 1 aromatic carbocycles. The normalized spacial score (nSPS) is 24.8. The second-order valence-electron chi connectivity index (χ2n) is 9.08. The molecule has 0 bridgehead atoms. The van der Waals surface area contributed by atoms with Gasteiger partial charge in [-0.3, -0.25) is 0 Å². The van der Waals surface area contributed by atoms with Crippen molar-refractivity contribution in [2.75, 3.05) is 40.7 Å². The number of ether oxygens (including phenoxy) is 3. The van der Waals surface area contributed by atoms with Crippen molar-refractivity contribution in [3.63, 3.8) is 0 Å². The Labute approximate surface area is 217 Å². The highest BCUT2D eigenvalue weighted by atomic mass is 32.2. The van der Waals surface area contributed by atoms with Gasteiger partial charge in [-0.1, -0.05) is 23.9 Å². The maximum absolute atomic E-state index is 15.1. The second-order valence-corrected chi connectivity index (χ2v) is 10.5. The van der Waals surface area contributed by atoms with Crippen LogP contribution in [0.4, 0.5) is 8.78 Å². The summed E-state index contributed by atoms with van der Waals surface area (Å²) in [7, 11) is 3.20. The first-order chi connectivity index (χ1) is 17.9. The van der Waals surface area contributed by atoms with E-state index < -0.39 is 18.0 Å². The van der Waals surface area contributed by atoms with Crippen molar-refractivity contribution in [2.45, 2.75) is 16.7 Å². The Hall–Kier alpha value is -3.15. The molecule has 1 aliphatic heterocycles. The lowest BCUT2D eigenvalue weighted by molar-refractivity contribution is 0.146. The average Bonchev–Trinajstić information content (AvgIpc) is 3.62. The molecule has 0 radical (unpaired) electrons. The summed E-state index contributed by atoms with van der Waals surface area (Å²) >= 11 is 1.39. The molecule has 3 aromatic rings. The molecule has 3 heterocycles. The number of amidine groups is 1. The number of halogens is 2. The average molecular weight is 528 g/mol. The van der Waals surface area contributed by atoms with E-state index in [1.165, 1.54) is 24.2 Å². The van der Waals surface area contributed by atoms with E-state index in [9.17, 15) is 4.39 Å². The van der Waals surface area contributed by atoms with Crippen molar-refractivity contribution in [2.24, 2.45) is 16.6 Å². The number of benzene rings is 1. The molecule has 1 aliphatic carbocycles. The summed E-state index contributed by atoms with van der Waals surface area (Å²) in [5.41, 5.74) is 7.35. The zero-order valence-electron chi connectivity index (χ0n) is 20.5. The Bertz CT molecular complexity index is 1370. The van der Waals surface area contributed by atoms with Crippen molar-refractivity contribution < 1.29 is 23.0 Å². The van der Waals surface area contributed by atoms with Gasteiger partial charge in [0.25, 0.3) is 0 Å². The number of nitrogens with two attached hydrogens (primary N) is 1. The Kier molecular flexibility index (Phi) is 7.11. The van der Waals surface area contributed by atoms with Crippen LogP contribution in [0.25, 0.3) is 23.2 Å². The van der Waals surface area contributed by atoms with Gasteiger partial charge < -0.3 is 19.9 Å². The SMILES string of the molecule is COCCOc1cnc2c(/C=C/c3ccc(F)c([C@@]4(CF)N=C(N)S[C@@]5(COC)C[C@H]54)c3)ncnc2c1. The zero-order chi connectivity index (χ0) is 26.0.